The number of hydrazine groups is 1. The lowest BCUT2D eigenvalue weighted by atomic mass is 9.76. The van der Waals surface area contributed by atoms with Crippen molar-refractivity contribution in [3.63, 3.8) is 0 Å². The molecular formula is C26H24FN3O. The molecule has 4 nitrogen and oxygen atoms in total. The molecule has 2 aromatic rings. The Kier molecular flexibility index (Phi) is 4.68. The van der Waals surface area contributed by atoms with Crippen molar-refractivity contribution in [3.8, 4) is 6.07 Å². The maximum absolute atomic E-state index is 13.4. The predicted octanol–water partition coefficient (Wildman–Crippen LogP) is 4.89. The lowest BCUT2D eigenvalue weighted by Gasteiger charge is -2.34. The van der Waals surface area contributed by atoms with Crippen LogP contribution in [0, 0.1) is 23.1 Å². The van der Waals surface area contributed by atoms with Gasteiger partial charge in [0.25, 0.3) is 0 Å². The Morgan fingerprint density at radius 2 is 2.00 bits per heavy atom. The Morgan fingerprint density at radius 1 is 1.23 bits per heavy atom. The van der Waals surface area contributed by atoms with Crippen molar-refractivity contribution < 1.29 is 9.50 Å². The Labute approximate surface area is 181 Å². The first kappa shape index (κ1) is 19.6. The summed E-state index contributed by atoms with van der Waals surface area (Å²) in [6.45, 7) is 2.14. The fraction of sp³-hybridized carbons (Fsp3) is 0.269. The summed E-state index contributed by atoms with van der Waals surface area (Å²) in [5.41, 5.74) is 9.41. The topological polar surface area (TPSA) is 59.3 Å². The number of rotatable bonds is 4. The van der Waals surface area contributed by atoms with Gasteiger partial charge >= 0.3 is 0 Å². The summed E-state index contributed by atoms with van der Waals surface area (Å²) in [5.74, 6) is -0.183. The first-order valence-corrected chi connectivity index (χ1v) is 10.7. The number of nitrogens with zero attached hydrogens (tertiary/aromatic N) is 2. The van der Waals surface area contributed by atoms with Crippen molar-refractivity contribution in [2.24, 2.45) is 5.92 Å². The van der Waals surface area contributed by atoms with E-state index in [4.69, 9.17) is 0 Å². The molecule has 2 aromatic carbocycles. The number of benzene rings is 2. The van der Waals surface area contributed by atoms with Crippen LogP contribution in [-0.2, 0) is 6.42 Å². The van der Waals surface area contributed by atoms with Crippen LogP contribution in [0.3, 0.4) is 0 Å². The van der Waals surface area contributed by atoms with Gasteiger partial charge in [0.1, 0.15) is 5.82 Å². The molecule has 0 saturated heterocycles. The minimum absolute atomic E-state index is 0.0756. The van der Waals surface area contributed by atoms with E-state index in [-0.39, 0.29) is 11.7 Å². The predicted molar refractivity (Wildman–Crippen MR) is 118 cm³/mol. The highest BCUT2D eigenvalue weighted by molar-refractivity contribution is 5.65. The minimum Gasteiger partial charge on any atom is -0.385 e. The van der Waals surface area contributed by atoms with Gasteiger partial charge in [0, 0.05) is 17.7 Å². The van der Waals surface area contributed by atoms with Gasteiger partial charge in [-0.05, 0) is 78.8 Å². The van der Waals surface area contributed by atoms with Crippen LogP contribution in [0.1, 0.15) is 37.3 Å². The molecule has 2 atom stereocenters. The maximum atomic E-state index is 13.4. The van der Waals surface area contributed by atoms with E-state index >= 15 is 0 Å². The largest absolute Gasteiger partial charge is 0.385 e. The monoisotopic (exact) mass is 413 g/mol. The highest BCUT2D eigenvalue weighted by Crippen LogP contribution is 2.50. The van der Waals surface area contributed by atoms with Crippen molar-refractivity contribution in [2.45, 2.75) is 38.2 Å². The number of anilines is 1. The molecule has 5 rings (SSSR count). The highest BCUT2D eigenvalue weighted by atomic mass is 19.1. The van der Waals surface area contributed by atoms with Crippen molar-refractivity contribution in [1.29, 1.82) is 5.26 Å². The van der Waals surface area contributed by atoms with Gasteiger partial charge in [-0.3, -0.25) is 5.01 Å². The van der Waals surface area contributed by atoms with Gasteiger partial charge in [-0.25, -0.2) is 4.39 Å². The Bertz CT molecular complexity index is 1170. The van der Waals surface area contributed by atoms with Crippen LogP contribution < -0.4 is 10.4 Å². The van der Waals surface area contributed by atoms with E-state index in [0.29, 0.717) is 24.8 Å². The molecule has 0 fully saturated rings. The fourth-order valence-electron chi connectivity index (χ4n) is 5.21. The zero-order chi connectivity index (χ0) is 21.6. The quantitative estimate of drug-likeness (QED) is 0.749. The number of aryl methyl sites for hydroxylation is 1. The Balaban J connectivity index is 1.44. The van der Waals surface area contributed by atoms with Crippen molar-refractivity contribution in [2.75, 3.05) is 5.01 Å². The van der Waals surface area contributed by atoms with Gasteiger partial charge in [-0.2, -0.15) is 5.26 Å². The summed E-state index contributed by atoms with van der Waals surface area (Å²) in [6, 6.07) is 16.3. The van der Waals surface area contributed by atoms with E-state index in [1.807, 2.05) is 35.5 Å². The molecule has 0 spiro atoms. The van der Waals surface area contributed by atoms with Crippen LogP contribution in [0.25, 0.3) is 0 Å². The van der Waals surface area contributed by atoms with Crippen LogP contribution in [0.2, 0.25) is 0 Å². The summed E-state index contributed by atoms with van der Waals surface area (Å²) in [7, 11) is 0. The third-order valence-electron chi connectivity index (χ3n) is 6.78. The van der Waals surface area contributed by atoms with Crippen molar-refractivity contribution in [3.05, 3.63) is 100 Å². The van der Waals surface area contributed by atoms with E-state index in [1.165, 1.54) is 17.7 Å². The molecule has 0 radical (unpaired) electrons. The Hall–Kier alpha value is -3.36. The second kappa shape index (κ2) is 7.40. The molecule has 2 N–H and O–H groups in total. The number of nitriles is 1. The second-order valence-electron chi connectivity index (χ2n) is 8.53. The molecule has 0 unspecified atom stereocenters. The number of allylic oxidation sites excluding steroid dienone is 3. The molecule has 2 aliphatic carbocycles. The number of fused-ring (bicyclic) bond motifs is 1. The standard InChI is InChI=1S/C26H24FN3O/c1-17-23-16-29-30(22-8-6-21(27)7-9-22)24(23)14-19-11-13-26(31,25(17)19)12-10-18-4-2-3-5-20(18)15-28/h2-9,14,16-17,29,31H,10-13H2,1H3/t17-,26+/m0/s1. The zero-order valence-corrected chi connectivity index (χ0v) is 17.4. The summed E-state index contributed by atoms with van der Waals surface area (Å²) in [4.78, 5) is 0. The molecule has 0 amide bonds. The number of halogens is 1. The molecule has 3 aliphatic rings. The molecule has 0 bridgehead atoms. The third-order valence-corrected chi connectivity index (χ3v) is 6.78. The molecule has 0 saturated carbocycles. The van der Waals surface area contributed by atoms with E-state index in [1.54, 1.807) is 12.1 Å². The number of hydrogen-bond acceptors (Lipinski definition) is 4. The normalized spacial score (nSPS) is 24.2. The average Bonchev–Trinajstić information content (AvgIpc) is 3.35. The first-order valence-electron chi connectivity index (χ1n) is 10.7. The molecule has 156 valence electrons. The molecule has 1 aliphatic heterocycles. The molecular weight excluding hydrogens is 389 g/mol. The van der Waals surface area contributed by atoms with Gasteiger partial charge in [0.15, 0.2) is 0 Å². The number of hydrogen-bond donors (Lipinski definition) is 2. The van der Waals surface area contributed by atoms with Crippen LogP contribution >= 0.6 is 0 Å². The molecule has 1 heterocycles. The summed E-state index contributed by atoms with van der Waals surface area (Å²) in [6.07, 6.45) is 6.92. The minimum atomic E-state index is -0.872. The maximum Gasteiger partial charge on any atom is 0.123 e. The summed E-state index contributed by atoms with van der Waals surface area (Å²) in [5, 5.41) is 23.0. The summed E-state index contributed by atoms with van der Waals surface area (Å²) >= 11 is 0. The van der Waals surface area contributed by atoms with Crippen LogP contribution in [-0.4, -0.2) is 10.7 Å². The third kappa shape index (κ3) is 3.24. The van der Waals surface area contributed by atoms with Crippen LogP contribution in [0.4, 0.5) is 10.1 Å². The van der Waals surface area contributed by atoms with Gasteiger partial charge < -0.3 is 10.5 Å². The number of nitrogens with one attached hydrogen (secondary N) is 1. The van der Waals surface area contributed by atoms with Crippen molar-refractivity contribution in [1.82, 2.24) is 5.43 Å². The average molecular weight is 413 g/mol. The van der Waals surface area contributed by atoms with Gasteiger partial charge in [-0.15, -0.1) is 0 Å². The smallest absolute Gasteiger partial charge is 0.123 e. The van der Waals surface area contributed by atoms with E-state index < -0.39 is 5.60 Å². The highest BCUT2D eigenvalue weighted by Gasteiger charge is 2.45. The molecule has 5 heteroatoms. The van der Waals surface area contributed by atoms with Gasteiger partial charge in [0.05, 0.1) is 28.6 Å². The molecule has 31 heavy (non-hydrogen) atoms. The summed E-state index contributed by atoms with van der Waals surface area (Å²) < 4.78 is 13.4. The fourth-order valence-corrected chi connectivity index (χ4v) is 5.21. The van der Waals surface area contributed by atoms with E-state index in [2.05, 4.69) is 24.5 Å². The van der Waals surface area contributed by atoms with Crippen LogP contribution in [0.15, 0.2) is 83.2 Å². The lowest BCUT2D eigenvalue weighted by Crippen LogP contribution is -2.34. The SMILES string of the molecule is C[C@H]1C2=CNN(c3ccc(F)cc3)C2=CC2=C1[C@@](O)(CCc1ccccc1C#N)CC2. The van der Waals surface area contributed by atoms with E-state index in [9.17, 15) is 14.8 Å². The first-order chi connectivity index (χ1) is 15.0. The molecule has 0 aromatic heterocycles. The van der Waals surface area contributed by atoms with Crippen molar-refractivity contribution >= 4 is 5.69 Å². The van der Waals surface area contributed by atoms with Gasteiger partial charge in [0.2, 0.25) is 0 Å². The van der Waals surface area contributed by atoms with E-state index in [0.717, 1.165) is 34.5 Å². The number of aliphatic hydroxyl groups is 1. The van der Waals surface area contributed by atoms with Crippen LogP contribution in [0.5, 0.6) is 0 Å². The lowest BCUT2D eigenvalue weighted by molar-refractivity contribution is 0.0633. The zero-order valence-electron chi connectivity index (χ0n) is 17.4. The Morgan fingerprint density at radius 3 is 2.77 bits per heavy atom. The second-order valence-corrected chi connectivity index (χ2v) is 8.53. The van der Waals surface area contributed by atoms with Gasteiger partial charge in [-0.1, -0.05) is 25.1 Å².